The molecular formula is C9H13Cl3N4O. The molecule has 1 aromatic rings. The van der Waals surface area contributed by atoms with E-state index in [0.29, 0.717) is 5.71 Å². The van der Waals surface area contributed by atoms with Crippen molar-refractivity contribution in [2.75, 3.05) is 0 Å². The molecule has 0 atom stereocenters. The fraction of sp³-hybridized carbons (Fsp3) is 0.667. The Hall–Kier alpha value is -0.520. The van der Waals surface area contributed by atoms with Gasteiger partial charge in [0.15, 0.2) is 0 Å². The van der Waals surface area contributed by atoms with E-state index in [2.05, 4.69) is 15.2 Å². The van der Waals surface area contributed by atoms with Crippen LogP contribution in [0.3, 0.4) is 0 Å². The molecule has 96 valence electrons. The minimum absolute atomic E-state index is 0.0914. The Morgan fingerprint density at radius 1 is 1.41 bits per heavy atom. The van der Waals surface area contributed by atoms with Crippen molar-refractivity contribution in [3.8, 4) is 0 Å². The van der Waals surface area contributed by atoms with Crippen LogP contribution in [0, 0.1) is 5.41 Å². The van der Waals surface area contributed by atoms with Gasteiger partial charge in [0.05, 0.1) is 12.3 Å². The maximum atomic E-state index is 8.94. The van der Waals surface area contributed by atoms with Crippen LogP contribution < -0.4 is 0 Å². The summed E-state index contributed by atoms with van der Waals surface area (Å²) in [4.78, 5) is 3.88. The van der Waals surface area contributed by atoms with Crippen LogP contribution in [-0.4, -0.2) is 25.7 Å². The third kappa shape index (κ3) is 4.01. The van der Waals surface area contributed by atoms with Crippen molar-refractivity contribution in [1.29, 1.82) is 0 Å². The maximum Gasteiger partial charge on any atom is 0.251 e. The largest absolute Gasteiger partial charge is 0.411 e. The molecule has 0 bridgehead atoms. The Morgan fingerprint density at radius 3 is 2.35 bits per heavy atom. The second-order valence-electron chi connectivity index (χ2n) is 4.56. The highest BCUT2D eigenvalue weighted by molar-refractivity contribution is 6.66. The van der Waals surface area contributed by atoms with Gasteiger partial charge < -0.3 is 5.21 Å². The van der Waals surface area contributed by atoms with E-state index in [1.54, 1.807) is 0 Å². The van der Waals surface area contributed by atoms with Crippen molar-refractivity contribution in [1.82, 2.24) is 14.8 Å². The predicted molar refractivity (Wildman–Crippen MR) is 67.9 cm³/mol. The first-order valence-electron chi connectivity index (χ1n) is 4.82. The summed E-state index contributed by atoms with van der Waals surface area (Å²) in [5.41, 5.74) is 0.277. The summed E-state index contributed by atoms with van der Waals surface area (Å²) >= 11 is 16.9. The number of oxime groups is 1. The van der Waals surface area contributed by atoms with Gasteiger partial charge in [0.25, 0.3) is 3.79 Å². The molecule has 0 spiro atoms. The lowest BCUT2D eigenvalue weighted by atomic mass is 9.90. The van der Waals surface area contributed by atoms with Gasteiger partial charge in [-0.25, -0.2) is 9.67 Å². The van der Waals surface area contributed by atoms with Gasteiger partial charge in [0.2, 0.25) is 5.82 Å². The molecular weight excluding hydrogens is 286 g/mol. The molecule has 0 saturated carbocycles. The van der Waals surface area contributed by atoms with Gasteiger partial charge in [-0.2, -0.15) is 5.10 Å². The number of nitrogens with zero attached hydrogens (tertiary/aromatic N) is 4. The van der Waals surface area contributed by atoms with Gasteiger partial charge in [-0.1, -0.05) is 60.7 Å². The van der Waals surface area contributed by atoms with Crippen LogP contribution in [0.2, 0.25) is 0 Å². The van der Waals surface area contributed by atoms with E-state index in [1.807, 2.05) is 20.8 Å². The van der Waals surface area contributed by atoms with Crippen molar-refractivity contribution >= 4 is 40.5 Å². The number of hydrogen-bond acceptors (Lipinski definition) is 4. The highest BCUT2D eigenvalue weighted by atomic mass is 35.6. The molecule has 8 heteroatoms. The molecule has 0 aliphatic rings. The molecule has 1 aromatic heterocycles. The van der Waals surface area contributed by atoms with E-state index >= 15 is 0 Å². The van der Waals surface area contributed by atoms with Crippen LogP contribution in [0.1, 0.15) is 26.6 Å². The molecule has 1 rings (SSSR count). The number of aromatic nitrogens is 3. The van der Waals surface area contributed by atoms with Crippen LogP contribution >= 0.6 is 34.8 Å². The summed E-state index contributed by atoms with van der Waals surface area (Å²) in [6, 6.07) is 0. The third-order valence-electron chi connectivity index (χ3n) is 2.09. The molecule has 0 aliphatic carbocycles. The average Bonchev–Trinajstić information content (AvgIpc) is 2.59. The highest BCUT2D eigenvalue weighted by Crippen LogP contribution is 2.35. The monoisotopic (exact) mass is 298 g/mol. The predicted octanol–water partition coefficient (Wildman–Crippen LogP) is 2.98. The molecule has 0 amide bonds. The smallest absolute Gasteiger partial charge is 0.251 e. The van der Waals surface area contributed by atoms with Crippen LogP contribution in [0.15, 0.2) is 11.5 Å². The van der Waals surface area contributed by atoms with Gasteiger partial charge in [-0.05, 0) is 0 Å². The zero-order valence-electron chi connectivity index (χ0n) is 9.65. The first-order valence-corrected chi connectivity index (χ1v) is 5.96. The fourth-order valence-corrected chi connectivity index (χ4v) is 1.33. The number of alkyl halides is 3. The van der Waals surface area contributed by atoms with Crippen molar-refractivity contribution in [3.05, 3.63) is 12.2 Å². The molecule has 0 unspecified atom stereocenters. The van der Waals surface area contributed by atoms with Gasteiger partial charge >= 0.3 is 0 Å². The van der Waals surface area contributed by atoms with Crippen LogP contribution in [0.4, 0.5) is 0 Å². The van der Waals surface area contributed by atoms with Crippen molar-refractivity contribution < 1.29 is 5.21 Å². The SMILES string of the molecule is CC(C)(C)C(Cn1cnc(C(Cl)(Cl)Cl)n1)=NO. The number of rotatable bonds is 2. The first-order chi connectivity index (χ1) is 7.64. The van der Waals surface area contributed by atoms with Crippen molar-refractivity contribution in [3.63, 3.8) is 0 Å². The van der Waals surface area contributed by atoms with E-state index in [1.165, 1.54) is 11.0 Å². The topological polar surface area (TPSA) is 63.3 Å². The summed E-state index contributed by atoms with van der Waals surface area (Å²) < 4.78 is -0.193. The molecule has 0 saturated heterocycles. The van der Waals surface area contributed by atoms with E-state index in [9.17, 15) is 0 Å². The van der Waals surface area contributed by atoms with Crippen molar-refractivity contribution in [2.45, 2.75) is 31.1 Å². The molecule has 0 radical (unpaired) electrons. The number of halogens is 3. The highest BCUT2D eigenvalue weighted by Gasteiger charge is 2.28. The van der Waals surface area contributed by atoms with Crippen LogP contribution in [0.25, 0.3) is 0 Å². The zero-order chi connectivity index (χ0) is 13.3. The van der Waals surface area contributed by atoms with Gasteiger partial charge in [-0.3, -0.25) is 0 Å². The summed E-state index contributed by atoms with van der Waals surface area (Å²) in [6.07, 6.45) is 1.42. The minimum atomic E-state index is -1.65. The Morgan fingerprint density at radius 2 is 2.00 bits per heavy atom. The molecule has 17 heavy (non-hydrogen) atoms. The lowest BCUT2D eigenvalue weighted by molar-refractivity contribution is 0.307. The number of hydrogen-bond donors (Lipinski definition) is 1. The minimum Gasteiger partial charge on any atom is -0.411 e. The van der Waals surface area contributed by atoms with Gasteiger partial charge in [0, 0.05) is 5.41 Å². The second kappa shape index (κ2) is 5.00. The Balaban J connectivity index is 2.87. The molecule has 0 aromatic carbocycles. The molecule has 1 heterocycles. The van der Waals surface area contributed by atoms with Crippen LogP contribution in [-0.2, 0) is 10.3 Å². The molecule has 5 nitrogen and oxygen atoms in total. The molecule has 1 N–H and O–H groups in total. The second-order valence-corrected chi connectivity index (χ2v) is 6.84. The van der Waals surface area contributed by atoms with Crippen molar-refractivity contribution in [2.24, 2.45) is 10.6 Å². The molecule has 0 aliphatic heterocycles. The van der Waals surface area contributed by atoms with E-state index in [4.69, 9.17) is 40.0 Å². The first kappa shape index (κ1) is 14.5. The van der Waals surface area contributed by atoms with Gasteiger partial charge in [0.1, 0.15) is 6.33 Å². The summed E-state index contributed by atoms with van der Waals surface area (Å²) in [7, 11) is 0. The Labute approximate surface area is 114 Å². The standard InChI is InChI=1S/C9H13Cl3N4O/c1-8(2,3)6(15-17)4-16-5-13-7(14-16)9(10,11)12/h5,17H,4H2,1-3H3. The summed E-state index contributed by atoms with van der Waals surface area (Å²) in [5.74, 6) is 0.0914. The van der Waals surface area contributed by atoms with Gasteiger partial charge in [-0.15, -0.1) is 0 Å². The zero-order valence-corrected chi connectivity index (χ0v) is 11.9. The normalized spacial score (nSPS) is 14.1. The Bertz CT molecular complexity index is 417. The van der Waals surface area contributed by atoms with Crippen LogP contribution in [0.5, 0.6) is 0 Å². The van der Waals surface area contributed by atoms with E-state index in [-0.39, 0.29) is 17.8 Å². The lowest BCUT2D eigenvalue weighted by Gasteiger charge is -2.19. The fourth-order valence-electron chi connectivity index (χ4n) is 1.07. The summed E-state index contributed by atoms with van der Waals surface area (Å²) in [5, 5.41) is 16.2. The van der Waals surface area contributed by atoms with E-state index in [0.717, 1.165) is 0 Å². The average molecular weight is 300 g/mol. The van der Waals surface area contributed by atoms with E-state index < -0.39 is 3.79 Å². The quantitative estimate of drug-likeness (QED) is 0.395. The third-order valence-corrected chi connectivity index (χ3v) is 2.60. The summed E-state index contributed by atoms with van der Waals surface area (Å²) in [6.45, 7) is 6.06. The Kier molecular flexibility index (Phi) is 4.28. The lowest BCUT2D eigenvalue weighted by Crippen LogP contribution is -2.26. The molecule has 0 fully saturated rings. The maximum absolute atomic E-state index is 8.94.